The van der Waals surface area contributed by atoms with Crippen molar-refractivity contribution in [2.75, 3.05) is 19.5 Å². The molecule has 20 heavy (non-hydrogen) atoms. The number of amides is 1. The van der Waals surface area contributed by atoms with Gasteiger partial charge in [0.25, 0.3) is 5.91 Å². The Kier molecular flexibility index (Phi) is 5.57. The van der Waals surface area contributed by atoms with Gasteiger partial charge in [-0.15, -0.1) is 0 Å². The monoisotopic (exact) mass is 279 g/mol. The summed E-state index contributed by atoms with van der Waals surface area (Å²) in [5.74, 6) is 0.733. The normalized spacial score (nSPS) is 13.7. The molecule has 0 spiro atoms. The topological polar surface area (TPSA) is 47.6 Å². The number of carbonyl (C=O) groups is 1. The summed E-state index contributed by atoms with van der Waals surface area (Å²) in [6.07, 6.45) is 1.57. The highest BCUT2D eigenvalue weighted by Crippen LogP contribution is 2.28. The van der Waals surface area contributed by atoms with Crippen LogP contribution < -0.4 is 10.1 Å². The molecule has 0 aliphatic carbocycles. The molecule has 1 aromatic rings. The molecular formula is C16H25NO3. The first-order valence-corrected chi connectivity index (χ1v) is 6.89. The van der Waals surface area contributed by atoms with E-state index in [4.69, 9.17) is 9.47 Å². The fourth-order valence-corrected chi connectivity index (χ4v) is 2.39. The molecule has 0 aromatic heterocycles. The second kappa shape index (κ2) is 6.75. The highest BCUT2D eigenvalue weighted by atomic mass is 16.5. The van der Waals surface area contributed by atoms with Crippen LogP contribution >= 0.6 is 0 Å². The van der Waals surface area contributed by atoms with Crippen molar-refractivity contribution in [1.29, 1.82) is 0 Å². The summed E-state index contributed by atoms with van der Waals surface area (Å²) in [6, 6.07) is 3.82. The number of benzene rings is 1. The van der Waals surface area contributed by atoms with Gasteiger partial charge >= 0.3 is 0 Å². The fraction of sp³-hybridized carbons (Fsp3) is 0.562. The van der Waals surface area contributed by atoms with E-state index < -0.39 is 5.60 Å². The highest BCUT2D eigenvalue weighted by molar-refractivity contribution is 5.97. The summed E-state index contributed by atoms with van der Waals surface area (Å²) in [7, 11) is 3.22. The van der Waals surface area contributed by atoms with Crippen LogP contribution in [0, 0.1) is 13.8 Å². The van der Waals surface area contributed by atoms with Gasteiger partial charge in [-0.3, -0.25) is 4.79 Å². The zero-order chi connectivity index (χ0) is 15.3. The van der Waals surface area contributed by atoms with Crippen molar-refractivity contribution >= 4 is 11.6 Å². The fourth-order valence-electron chi connectivity index (χ4n) is 2.39. The average Bonchev–Trinajstić information content (AvgIpc) is 2.38. The third-order valence-electron chi connectivity index (χ3n) is 3.58. The number of ether oxygens (including phenoxy) is 2. The van der Waals surface area contributed by atoms with Crippen molar-refractivity contribution < 1.29 is 14.3 Å². The van der Waals surface area contributed by atoms with Gasteiger partial charge in [-0.1, -0.05) is 13.3 Å². The maximum atomic E-state index is 12.4. The molecular weight excluding hydrogens is 254 g/mol. The molecule has 1 N–H and O–H groups in total. The van der Waals surface area contributed by atoms with Crippen molar-refractivity contribution in [3.05, 3.63) is 23.3 Å². The van der Waals surface area contributed by atoms with Crippen LogP contribution in [0.1, 0.15) is 37.8 Å². The van der Waals surface area contributed by atoms with E-state index in [1.165, 1.54) is 0 Å². The lowest BCUT2D eigenvalue weighted by atomic mass is 9.99. The molecule has 112 valence electrons. The van der Waals surface area contributed by atoms with Gasteiger partial charge in [-0.05, 0) is 50.5 Å². The number of aryl methyl sites for hydroxylation is 2. The molecule has 0 saturated carbocycles. The number of hydrogen-bond donors (Lipinski definition) is 1. The van der Waals surface area contributed by atoms with Crippen LogP contribution in [-0.4, -0.2) is 25.7 Å². The molecule has 0 aliphatic heterocycles. The minimum atomic E-state index is -0.795. The second-order valence-electron chi connectivity index (χ2n) is 5.28. The lowest BCUT2D eigenvalue weighted by molar-refractivity contribution is -0.136. The van der Waals surface area contributed by atoms with Crippen LogP contribution in [0.4, 0.5) is 5.69 Å². The molecule has 0 heterocycles. The van der Waals surface area contributed by atoms with E-state index in [1.54, 1.807) is 14.2 Å². The van der Waals surface area contributed by atoms with E-state index in [0.29, 0.717) is 6.42 Å². The van der Waals surface area contributed by atoms with E-state index >= 15 is 0 Å². The lowest BCUT2D eigenvalue weighted by Gasteiger charge is -2.26. The van der Waals surface area contributed by atoms with Crippen LogP contribution in [-0.2, 0) is 9.53 Å². The van der Waals surface area contributed by atoms with Crippen molar-refractivity contribution in [2.45, 2.75) is 46.1 Å². The number of rotatable bonds is 6. The third kappa shape index (κ3) is 3.51. The molecule has 1 atom stereocenters. The summed E-state index contributed by atoms with van der Waals surface area (Å²) in [5, 5.41) is 2.93. The minimum Gasteiger partial charge on any atom is -0.496 e. The van der Waals surface area contributed by atoms with E-state index in [2.05, 4.69) is 5.32 Å². The summed E-state index contributed by atoms with van der Waals surface area (Å²) >= 11 is 0. The average molecular weight is 279 g/mol. The molecule has 0 radical (unpaired) electrons. The minimum absolute atomic E-state index is 0.120. The summed E-state index contributed by atoms with van der Waals surface area (Å²) in [6.45, 7) is 7.77. The van der Waals surface area contributed by atoms with Crippen LogP contribution in [0.2, 0.25) is 0 Å². The Morgan fingerprint density at radius 1 is 1.25 bits per heavy atom. The standard InChI is InChI=1S/C16H25NO3/c1-7-8-16(4,20-6)15(18)17-13-9-11(2)14(19-5)12(3)10-13/h9-10H,7-8H2,1-6H3,(H,17,18)/t16-/m1/s1. The Balaban J connectivity index is 2.96. The molecule has 0 saturated heterocycles. The molecule has 0 unspecified atom stereocenters. The Labute approximate surface area is 121 Å². The van der Waals surface area contributed by atoms with E-state index in [1.807, 2.05) is 39.8 Å². The number of nitrogens with one attached hydrogen (secondary N) is 1. The van der Waals surface area contributed by atoms with Gasteiger partial charge in [0.15, 0.2) is 0 Å². The molecule has 0 bridgehead atoms. The predicted octanol–water partition coefficient (Wildman–Crippen LogP) is 3.46. The van der Waals surface area contributed by atoms with Gasteiger partial charge < -0.3 is 14.8 Å². The smallest absolute Gasteiger partial charge is 0.256 e. The van der Waals surface area contributed by atoms with Gasteiger partial charge in [0.1, 0.15) is 11.4 Å². The van der Waals surface area contributed by atoms with E-state index in [9.17, 15) is 4.79 Å². The highest BCUT2D eigenvalue weighted by Gasteiger charge is 2.32. The van der Waals surface area contributed by atoms with Crippen molar-refractivity contribution in [1.82, 2.24) is 0 Å². The van der Waals surface area contributed by atoms with E-state index in [-0.39, 0.29) is 5.91 Å². The Morgan fingerprint density at radius 2 is 1.80 bits per heavy atom. The first kappa shape index (κ1) is 16.5. The number of anilines is 1. The quantitative estimate of drug-likeness (QED) is 0.867. The van der Waals surface area contributed by atoms with Crippen molar-refractivity contribution in [3.63, 3.8) is 0 Å². The van der Waals surface area contributed by atoms with Crippen molar-refractivity contribution in [2.24, 2.45) is 0 Å². The zero-order valence-electron chi connectivity index (χ0n) is 13.3. The van der Waals surface area contributed by atoms with E-state index in [0.717, 1.165) is 29.0 Å². The SMILES string of the molecule is CCC[C@@](C)(OC)C(=O)Nc1cc(C)c(OC)c(C)c1. The number of carbonyl (C=O) groups excluding carboxylic acids is 1. The Hall–Kier alpha value is -1.55. The number of hydrogen-bond acceptors (Lipinski definition) is 3. The summed E-state index contributed by atoms with van der Waals surface area (Å²) in [4.78, 5) is 12.4. The van der Waals surface area contributed by atoms with Crippen LogP contribution in [0.5, 0.6) is 5.75 Å². The van der Waals surface area contributed by atoms with Gasteiger partial charge in [0.05, 0.1) is 7.11 Å². The summed E-state index contributed by atoms with van der Waals surface area (Å²) in [5.41, 5.74) is 1.97. The first-order valence-electron chi connectivity index (χ1n) is 6.89. The van der Waals surface area contributed by atoms with Gasteiger partial charge in [-0.25, -0.2) is 0 Å². The summed E-state index contributed by atoms with van der Waals surface area (Å²) < 4.78 is 10.7. The maximum absolute atomic E-state index is 12.4. The van der Waals surface area contributed by atoms with Gasteiger partial charge in [0.2, 0.25) is 0 Å². The maximum Gasteiger partial charge on any atom is 0.256 e. The van der Waals surface area contributed by atoms with Gasteiger partial charge in [0, 0.05) is 12.8 Å². The van der Waals surface area contributed by atoms with Crippen LogP contribution in [0.3, 0.4) is 0 Å². The molecule has 4 nitrogen and oxygen atoms in total. The molecule has 1 rings (SSSR count). The first-order chi connectivity index (χ1) is 9.37. The molecule has 1 aromatic carbocycles. The zero-order valence-corrected chi connectivity index (χ0v) is 13.3. The largest absolute Gasteiger partial charge is 0.496 e. The second-order valence-corrected chi connectivity index (χ2v) is 5.28. The third-order valence-corrected chi connectivity index (χ3v) is 3.58. The lowest BCUT2D eigenvalue weighted by Crippen LogP contribution is -2.41. The number of methoxy groups -OCH3 is 2. The molecule has 1 amide bonds. The Morgan fingerprint density at radius 3 is 2.20 bits per heavy atom. The molecule has 4 heteroatoms. The Bertz CT molecular complexity index is 462. The molecule has 0 aliphatic rings. The van der Waals surface area contributed by atoms with Crippen molar-refractivity contribution in [3.8, 4) is 5.75 Å². The van der Waals surface area contributed by atoms with Crippen LogP contribution in [0.25, 0.3) is 0 Å². The van der Waals surface area contributed by atoms with Gasteiger partial charge in [-0.2, -0.15) is 0 Å². The van der Waals surface area contributed by atoms with Crippen LogP contribution in [0.15, 0.2) is 12.1 Å². The molecule has 0 fully saturated rings. The predicted molar refractivity (Wildman–Crippen MR) is 81.4 cm³/mol.